The van der Waals surface area contributed by atoms with Crippen LogP contribution in [-0.4, -0.2) is 29.8 Å². The third kappa shape index (κ3) is 5.69. The minimum Gasteiger partial charge on any atom is -0.490 e. The molecule has 26 heavy (non-hydrogen) atoms. The lowest BCUT2D eigenvalue weighted by Crippen LogP contribution is -2.17. The smallest absolute Gasteiger partial charge is 0.269 e. The van der Waals surface area contributed by atoms with E-state index >= 15 is 0 Å². The van der Waals surface area contributed by atoms with Gasteiger partial charge in [-0.1, -0.05) is 15.9 Å². The van der Waals surface area contributed by atoms with Crippen LogP contribution < -0.4 is 14.8 Å². The lowest BCUT2D eigenvalue weighted by molar-refractivity contribution is -0.384. The second-order valence-corrected chi connectivity index (χ2v) is 6.29. The van der Waals surface area contributed by atoms with Gasteiger partial charge in [-0.3, -0.25) is 10.1 Å². The maximum atomic E-state index is 10.7. The third-order valence-electron chi connectivity index (χ3n) is 3.56. The molecule has 8 heteroatoms. The molecule has 0 radical (unpaired) electrons. The summed E-state index contributed by atoms with van der Waals surface area (Å²) in [6.45, 7) is 3.84. The summed E-state index contributed by atoms with van der Waals surface area (Å²) in [4.78, 5) is 10.3. The Hall–Kier alpha value is -2.16. The topological polar surface area (TPSA) is 93.9 Å². The number of hydrogen-bond donors (Lipinski definition) is 2. The van der Waals surface area contributed by atoms with Crippen molar-refractivity contribution in [3.63, 3.8) is 0 Å². The second kappa shape index (κ2) is 10.1. The molecule has 140 valence electrons. The number of nitro benzene ring substituents is 1. The van der Waals surface area contributed by atoms with Gasteiger partial charge in [0.05, 0.1) is 18.1 Å². The van der Waals surface area contributed by atoms with E-state index in [1.54, 1.807) is 12.1 Å². The van der Waals surface area contributed by atoms with Gasteiger partial charge in [0, 0.05) is 29.7 Å². The summed E-state index contributed by atoms with van der Waals surface area (Å²) in [5, 5.41) is 22.7. The van der Waals surface area contributed by atoms with Gasteiger partial charge in [-0.05, 0) is 42.3 Å². The Labute approximate surface area is 160 Å². The minimum absolute atomic E-state index is 0.0474. The maximum Gasteiger partial charge on any atom is 0.269 e. The lowest BCUT2D eigenvalue weighted by atomic mass is 10.2. The highest BCUT2D eigenvalue weighted by Gasteiger charge is 2.12. The van der Waals surface area contributed by atoms with Crippen LogP contribution in [0.2, 0.25) is 0 Å². The summed E-state index contributed by atoms with van der Waals surface area (Å²) < 4.78 is 12.4. The highest BCUT2D eigenvalue weighted by Crippen LogP contribution is 2.34. The number of non-ortho nitro benzene ring substituents is 1. The van der Waals surface area contributed by atoms with Crippen molar-refractivity contribution < 1.29 is 19.5 Å². The predicted octanol–water partition coefficient (Wildman–Crippen LogP) is 3.42. The Bertz CT molecular complexity index is 737. The summed E-state index contributed by atoms with van der Waals surface area (Å²) in [5.41, 5.74) is 1.86. The van der Waals surface area contributed by atoms with Crippen molar-refractivity contribution in [1.29, 1.82) is 0 Å². The number of nitro groups is 1. The normalized spacial score (nSPS) is 10.6. The first kappa shape index (κ1) is 20.2. The molecule has 2 rings (SSSR count). The fourth-order valence-corrected chi connectivity index (χ4v) is 2.73. The van der Waals surface area contributed by atoms with E-state index in [1.165, 1.54) is 12.1 Å². The molecule has 0 aliphatic rings. The number of halogens is 1. The van der Waals surface area contributed by atoms with Crippen LogP contribution in [0.15, 0.2) is 40.9 Å². The van der Waals surface area contributed by atoms with Crippen molar-refractivity contribution in [2.24, 2.45) is 0 Å². The largest absolute Gasteiger partial charge is 0.490 e. The first-order chi connectivity index (χ1) is 12.5. The number of aliphatic hydroxyl groups is 1. The average Bonchev–Trinajstić information content (AvgIpc) is 2.63. The maximum absolute atomic E-state index is 10.7. The Morgan fingerprint density at radius 2 is 1.88 bits per heavy atom. The quantitative estimate of drug-likeness (QED) is 0.344. The average molecular weight is 425 g/mol. The van der Waals surface area contributed by atoms with E-state index in [4.69, 9.17) is 14.6 Å². The van der Waals surface area contributed by atoms with Crippen molar-refractivity contribution >= 4 is 21.6 Å². The van der Waals surface area contributed by atoms with Crippen LogP contribution in [-0.2, 0) is 13.2 Å². The highest BCUT2D eigenvalue weighted by molar-refractivity contribution is 9.10. The molecule has 0 atom stereocenters. The number of nitrogens with zero attached hydrogens (tertiary/aromatic N) is 1. The van der Waals surface area contributed by atoms with Gasteiger partial charge in [0.2, 0.25) is 0 Å². The zero-order valence-corrected chi connectivity index (χ0v) is 16.0. The van der Waals surface area contributed by atoms with Crippen molar-refractivity contribution in [3.05, 3.63) is 62.1 Å². The zero-order valence-electron chi connectivity index (χ0n) is 14.4. The van der Waals surface area contributed by atoms with E-state index in [-0.39, 0.29) is 18.9 Å². The molecule has 0 saturated carbocycles. The first-order valence-electron chi connectivity index (χ1n) is 8.18. The van der Waals surface area contributed by atoms with Crippen LogP contribution in [0.4, 0.5) is 5.69 Å². The molecule has 7 nitrogen and oxygen atoms in total. The zero-order chi connectivity index (χ0) is 18.9. The van der Waals surface area contributed by atoms with E-state index < -0.39 is 4.92 Å². The Morgan fingerprint density at radius 1 is 1.19 bits per heavy atom. The van der Waals surface area contributed by atoms with Crippen molar-refractivity contribution in [3.8, 4) is 11.5 Å². The lowest BCUT2D eigenvalue weighted by Gasteiger charge is -2.15. The molecule has 0 spiro atoms. The Balaban J connectivity index is 2.11. The number of benzene rings is 2. The van der Waals surface area contributed by atoms with E-state index in [9.17, 15) is 10.1 Å². The summed E-state index contributed by atoms with van der Waals surface area (Å²) in [5.74, 6) is 1.21. The highest BCUT2D eigenvalue weighted by atomic mass is 79.9. The molecule has 0 aromatic heterocycles. The van der Waals surface area contributed by atoms with E-state index in [0.29, 0.717) is 31.2 Å². The standard InChI is InChI=1S/C18H21BrN2O5/c1-2-25-17-9-14(11-20-7-8-22)16(19)10-18(17)26-12-13-3-5-15(6-4-13)21(23)24/h3-6,9-10,20,22H,2,7-8,11-12H2,1H3. The third-order valence-corrected chi connectivity index (χ3v) is 4.30. The van der Waals surface area contributed by atoms with Crippen LogP contribution in [0.25, 0.3) is 0 Å². The molecule has 0 bridgehead atoms. The molecular weight excluding hydrogens is 404 g/mol. The van der Waals surface area contributed by atoms with E-state index in [1.807, 2.05) is 19.1 Å². The monoisotopic (exact) mass is 424 g/mol. The second-order valence-electron chi connectivity index (χ2n) is 5.44. The summed E-state index contributed by atoms with van der Waals surface area (Å²) >= 11 is 3.52. The fraction of sp³-hybridized carbons (Fsp3) is 0.333. The molecule has 0 heterocycles. The molecule has 0 unspecified atom stereocenters. The van der Waals surface area contributed by atoms with Gasteiger partial charge in [-0.15, -0.1) is 0 Å². The van der Waals surface area contributed by atoms with Crippen LogP contribution in [0, 0.1) is 10.1 Å². The first-order valence-corrected chi connectivity index (χ1v) is 8.97. The number of aliphatic hydroxyl groups excluding tert-OH is 1. The van der Waals surface area contributed by atoms with Crippen molar-refractivity contribution in [1.82, 2.24) is 5.32 Å². The van der Waals surface area contributed by atoms with Gasteiger partial charge in [0.1, 0.15) is 6.61 Å². The van der Waals surface area contributed by atoms with Gasteiger partial charge < -0.3 is 19.9 Å². The molecule has 0 aliphatic heterocycles. The predicted molar refractivity (Wildman–Crippen MR) is 102 cm³/mol. The molecule has 2 aromatic rings. The van der Waals surface area contributed by atoms with Crippen LogP contribution in [0.3, 0.4) is 0 Å². The number of rotatable bonds is 10. The van der Waals surface area contributed by atoms with Gasteiger partial charge in [-0.25, -0.2) is 0 Å². The van der Waals surface area contributed by atoms with Crippen LogP contribution in [0.1, 0.15) is 18.1 Å². The summed E-state index contributed by atoms with van der Waals surface area (Å²) in [6.07, 6.45) is 0. The van der Waals surface area contributed by atoms with E-state index in [0.717, 1.165) is 15.6 Å². The van der Waals surface area contributed by atoms with Gasteiger partial charge in [-0.2, -0.15) is 0 Å². The minimum atomic E-state index is -0.432. The van der Waals surface area contributed by atoms with Crippen molar-refractivity contribution in [2.45, 2.75) is 20.1 Å². The SMILES string of the molecule is CCOc1cc(CNCCO)c(Br)cc1OCc1ccc([N+](=O)[O-])cc1. The molecule has 0 aliphatic carbocycles. The number of hydrogen-bond acceptors (Lipinski definition) is 6. The Morgan fingerprint density at radius 3 is 2.50 bits per heavy atom. The van der Waals surface area contributed by atoms with Crippen molar-refractivity contribution in [2.75, 3.05) is 19.8 Å². The van der Waals surface area contributed by atoms with E-state index in [2.05, 4.69) is 21.2 Å². The van der Waals surface area contributed by atoms with Gasteiger partial charge >= 0.3 is 0 Å². The molecular formula is C18H21BrN2O5. The van der Waals surface area contributed by atoms with Gasteiger partial charge in [0.15, 0.2) is 11.5 Å². The molecule has 0 saturated heterocycles. The van der Waals surface area contributed by atoms with Crippen LogP contribution >= 0.6 is 15.9 Å². The molecule has 0 amide bonds. The Kier molecular flexibility index (Phi) is 7.83. The summed E-state index contributed by atoms with van der Waals surface area (Å²) in [6, 6.07) is 9.97. The van der Waals surface area contributed by atoms with Gasteiger partial charge in [0.25, 0.3) is 5.69 Å². The summed E-state index contributed by atoms with van der Waals surface area (Å²) in [7, 11) is 0. The van der Waals surface area contributed by atoms with Crippen LogP contribution in [0.5, 0.6) is 11.5 Å². The molecule has 2 N–H and O–H groups in total. The fourth-order valence-electron chi connectivity index (χ4n) is 2.27. The molecule has 0 fully saturated rings. The molecule has 2 aromatic carbocycles. The number of ether oxygens (including phenoxy) is 2. The number of nitrogens with one attached hydrogen (secondary N) is 1.